The molecule has 3 aliphatic carbocycles. The minimum Gasteiger partial charge on any atom is -0.481 e. The second-order valence-electron chi connectivity index (χ2n) is 9.28. The van der Waals surface area contributed by atoms with E-state index >= 15 is 0 Å². The molecule has 2 N–H and O–H groups in total. The summed E-state index contributed by atoms with van der Waals surface area (Å²) in [5.41, 5.74) is -0.476. The van der Waals surface area contributed by atoms with E-state index in [4.69, 9.17) is 0 Å². The van der Waals surface area contributed by atoms with Gasteiger partial charge in [-0.3, -0.25) is 9.59 Å². The number of carboxylic acids is 2. The van der Waals surface area contributed by atoms with Crippen LogP contribution in [0, 0.1) is 40.4 Å². The van der Waals surface area contributed by atoms with Crippen LogP contribution in [0.2, 0.25) is 0 Å². The molecule has 0 aromatic carbocycles. The molecule has 7 atom stereocenters. The molecular formula is C20H32O4. The summed E-state index contributed by atoms with van der Waals surface area (Å²) in [6, 6.07) is 0. The van der Waals surface area contributed by atoms with Crippen LogP contribution in [0.15, 0.2) is 0 Å². The molecule has 136 valence electrons. The molecule has 3 fully saturated rings. The number of hydrogen-bond acceptors (Lipinski definition) is 2. The summed E-state index contributed by atoms with van der Waals surface area (Å²) >= 11 is 0. The molecule has 0 bridgehead atoms. The van der Waals surface area contributed by atoms with Gasteiger partial charge in [-0.25, -0.2) is 0 Å². The highest BCUT2D eigenvalue weighted by Gasteiger charge is 2.60. The Bertz CT molecular complexity index is 530. The lowest BCUT2D eigenvalue weighted by Gasteiger charge is -2.61. The molecule has 0 spiro atoms. The fourth-order valence-electron chi connectivity index (χ4n) is 7.00. The van der Waals surface area contributed by atoms with E-state index in [1.54, 1.807) is 0 Å². The van der Waals surface area contributed by atoms with E-state index in [2.05, 4.69) is 13.8 Å². The Balaban J connectivity index is 1.86. The van der Waals surface area contributed by atoms with Crippen molar-refractivity contribution >= 4 is 11.9 Å². The Morgan fingerprint density at radius 2 is 1.75 bits per heavy atom. The molecule has 0 heterocycles. The van der Waals surface area contributed by atoms with E-state index in [1.165, 1.54) is 0 Å². The van der Waals surface area contributed by atoms with E-state index in [0.29, 0.717) is 23.7 Å². The zero-order valence-electron chi connectivity index (χ0n) is 15.3. The highest BCUT2D eigenvalue weighted by molar-refractivity contribution is 5.75. The first-order valence-corrected chi connectivity index (χ1v) is 9.65. The van der Waals surface area contributed by atoms with E-state index in [9.17, 15) is 19.8 Å². The predicted octanol–water partition coefficient (Wildman–Crippen LogP) is 4.43. The van der Waals surface area contributed by atoms with Gasteiger partial charge in [0.15, 0.2) is 0 Å². The van der Waals surface area contributed by atoms with Crippen molar-refractivity contribution in [2.45, 2.75) is 72.1 Å². The molecule has 4 unspecified atom stereocenters. The summed E-state index contributed by atoms with van der Waals surface area (Å²) in [4.78, 5) is 23.2. The lowest BCUT2D eigenvalue weighted by Crippen LogP contribution is -2.57. The SMILES string of the molecule is C[C@@H]1C(CC(=O)O)CCC2[C@H]1CCC1C2(C)CCC[C@]1(C)C(=O)O. The number of hydrogen-bond donors (Lipinski definition) is 2. The van der Waals surface area contributed by atoms with Crippen LogP contribution in [-0.4, -0.2) is 22.2 Å². The molecule has 3 rings (SSSR count). The summed E-state index contributed by atoms with van der Waals surface area (Å²) in [6.45, 7) is 6.56. The fourth-order valence-corrected chi connectivity index (χ4v) is 7.00. The normalized spacial score (nSPS) is 48.2. The van der Waals surface area contributed by atoms with Crippen LogP contribution in [0.25, 0.3) is 0 Å². The van der Waals surface area contributed by atoms with Crippen molar-refractivity contribution in [2.75, 3.05) is 0 Å². The van der Waals surface area contributed by atoms with Crippen molar-refractivity contribution in [3.63, 3.8) is 0 Å². The van der Waals surface area contributed by atoms with Crippen molar-refractivity contribution in [1.29, 1.82) is 0 Å². The summed E-state index contributed by atoms with van der Waals surface area (Å²) in [6.07, 6.45) is 7.37. The fraction of sp³-hybridized carbons (Fsp3) is 0.900. The lowest BCUT2D eigenvalue weighted by molar-refractivity contribution is -0.176. The van der Waals surface area contributed by atoms with Gasteiger partial charge < -0.3 is 10.2 Å². The van der Waals surface area contributed by atoms with Gasteiger partial charge >= 0.3 is 11.9 Å². The molecule has 0 aromatic heterocycles. The summed E-state index contributed by atoms with van der Waals surface area (Å²) < 4.78 is 0. The third-order valence-corrected chi connectivity index (χ3v) is 8.32. The Labute approximate surface area is 145 Å². The van der Waals surface area contributed by atoms with Crippen LogP contribution >= 0.6 is 0 Å². The van der Waals surface area contributed by atoms with Crippen LogP contribution in [0.1, 0.15) is 72.1 Å². The second-order valence-corrected chi connectivity index (χ2v) is 9.28. The molecule has 0 saturated heterocycles. The Morgan fingerprint density at radius 1 is 1.04 bits per heavy atom. The van der Waals surface area contributed by atoms with Gasteiger partial charge in [-0.2, -0.15) is 0 Å². The Morgan fingerprint density at radius 3 is 2.38 bits per heavy atom. The summed E-state index contributed by atoms with van der Waals surface area (Å²) in [7, 11) is 0. The van der Waals surface area contributed by atoms with E-state index in [-0.39, 0.29) is 17.8 Å². The van der Waals surface area contributed by atoms with Crippen LogP contribution in [0.5, 0.6) is 0 Å². The summed E-state index contributed by atoms with van der Waals surface area (Å²) in [5.74, 6) is 0.830. The highest BCUT2D eigenvalue weighted by Crippen LogP contribution is 2.65. The molecule has 0 amide bonds. The molecule has 0 aromatic rings. The molecule has 24 heavy (non-hydrogen) atoms. The average molecular weight is 336 g/mol. The number of fused-ring (bicyclic) bond motifs is 3. The van der Waals surface area contributed by atoms with Crippen LogP contribution in [-0.2, 0) is 9.59 Å². The van der Waals surface area contributed by atoms with Gasteiger partial charge in [0.2, 0.25) is 0 Å². The first-order valence-electron chi connectivity index (χ1n) is 9.65. The third kappa shape index (κ3) is 2.57. The highest BCUT2D eigenvalue weighted by atomic mass is 16.4. The number of carboxylic acid groups (broad SMARTS) is 2. The van der Waals surface area contributed by atoms with Crippen molar-refractivity contribution < 1.29 is 19.8 Å². The van der Waals surface area contributed by atoms with Crippen molar-refractivity contribution in [3.05, 3.63) is 0 Å². The first kappa shape index (κ1) is 17.8. The van der Waals surface area contributed by atoms with Crippen molar-refractivity contribution in [3.8, 4) is 0 Å². The first-order chi connectivity index (χ1) is 11.2. The van der Waals surface area contributed by atoms with Crippen LogP contribution in [0.3, 0.4) is 0 Å². The molecule has 0 radical (unpaired) electrons. The average Bonchev–Trinajstić information content (AvgIpc) is 2.49. The monoisotopic (exact) mass is 336 g/mol. The maximum atomic E-state index is 12.0. The maximum Gasteiger partial charge on any atom is 0.309 e. The van der Waals surface area contributed by atoms with Crippen molar-refractivity contribution in [1.82, 2.24) is 0 Å². The zero-order valence-corrected chi connectivity index (χ0v) is 15.3. The zero-order chi connectivity index (χ0) is 17.7. The Kier molecular flexibility index (Phi) is 4.46. The summed E-state index contributed by atoms with van der Waals surface area (Å²) in [5, 5.41) is 19.1. The predicted molar refractivity (Wildman–Crippen MR) is 91.5 cm³/mol. The molecule has 3 aliphatic rings. The van der Waals surface area contributed by atoms with Gasteiger partial charge in [-0.15, -0.1) is 0 Å². The smallest absolute Gasteiger partial charge is 0.309 e. The minimum absolute atomic E-state index is 0.108. The maximum absolute atomic E-state index is 12.0. The van der Waals surface area contributed by atoms with Crippen LogP contribution in [0.4, 0.5) is 0 Å². The van der Waals surface area contributed by atoms with Crippen molar-refractivity contribution in [2.24, 2.45) is 40.4 Å². The van der Waals surface area contributed by atoms with Gasteiger partial charge in [0.25, 0.3) is 0 Å². The second kappa shape index (κ2) is 6.03. The molecule has 4 nitrogen and oxygen atoms in total. The molecular weight excluding hydrogens is 304 g/mol. The lowest BCUT2D eigenvalue weighted by atomic mass is 9.42. The van der Waals surface area contributed by atoms with Gasteiger partial charge in [-0.05, 0) is 80.5 Å². The van der Waals surface area contributed by atoms with E-state index in [1.807, 2.05) is 6.92 Å². The number of carbonyl (C=O) groups is 2. The quantitative estimate of drug-likeness (QED) is 0.799. The standard InChI is InChI=1S/C20H32O4/c1-12-13(11-17(21)22)5-7-15-14(12)6-8-16-19(15,2)9-4-10-20(16,3)18(23)24/h12-16H,4-11H2,1-3H3,(H,21,22)(H,23,24)/t12-,13?,14+,15?,16?,19?,20+/m1/s1. The van der Waals surface area contributed by atoms with Crippen LogP contribution < -0.4 is 0 Å². The molecule has 3 saturated carbocycles. The number of aliphatic carboxylic acids is 2. The topological polar surface area (TPSA) is 74.6 Å². The number of rotatable bonds is 3. The van der Waals surface area contributed by atoms with Gasteiger partial charge in [0.05, 0.1) is 5.41 Å². The van der Waals surface area contributed by atoms with Gasteiger partial charge in [-0.1, -0.05) is 20.3 Å². The molecule has 4 heteroatoms. The Hall–Kier alpha value is -1.06. The van der Waals surface area contributed by atoms with Gasteiger partial charge in [0.1, 0.15) is 0 Å². The van der Waals surface area contributed by atoms with Gasteiger partial charge in [0, 0.05) is 6.42 Å². The third-order valence-electron chi connectivity index (χ3n) is 8.32. The molecule has 0 aliphatic heterocycles. The minimum atomic E-state index is -0.679. The van der Waals surface area contributed by atoms with E-state index in [0.717, 1.165) is 44.9 Å². The van der Waals surface area contributed by atoms with E-state index < -0.39 is 17.4 Å². The largest absolute Gasteiger partial charge is 0.481 e.